The summed E-state index contributed by atoms with van der Waals surface area (Å²) in [6.07, 6.45) is 1.87. The van der Waals surface area contributed by atoms with Gasteiger partial charge in [0, 0.05) is 23.3 Å². The molecule has 1 unspecified atom stereocenters. The van der Waals surface area contributed by atoms with Gasteiger partial charge in [-0.15, -0.1) is 0 Å². The lowest BCUT2D eigenvalue weighted by Gasteiger charge is -2.22. The number of ketones is 1. The van der Waals surface area contributed by atoms with E-state index in [0.717, 1.165) is 6.42 Å². The van der Waals surface area contributed by atoms with E-state index < -0.39 is 17.3 Å². The number of fused-ring (bicyclic) bond motifs is 1. The number of benzene rings is 1. The van der Waals surface area contributed by atoms with Crippen LogP contribution in [0, 0.1) is 0 Å². The second-order valence-corrected chi connectivity index (χ2v) is 6.23. The van der Waals surface area contributed by atoms with Crippen LogP contribution in [-0.2, 0) is 10.4 Å². The lowest BCUT2D eigenvalue weighted by atomic mass is 9.89. The predicted molar refractivity (Wildman–Crippen MR) is 91.2 cm³/mol. The van der Waals surface area contributed by atoms with Crippen LogP contribution in [0.2, 0.25) is 5.02 Å². The van der Waals surface area contributed by atoms with E-state index in [1.165, 1.54) is 11.1 Å². The number of nitrogens with zero attached hydrogens (tertiary/aromatic N) is 2. The van der Waals surface area contributed by atoms with Gasteiger partial charge in [-0.25, -0.2) is 0 Å². The highest BCUT2D eigenvalue weighted by atomic mass is 35.5. The predicted octanol–water partition coefficient (Wildman–Crippen LogP) is 2.95. The number of rotatable bonds is 5. The molecule has 124 valence electrons. The Morgan fingerprint density at radius 1 is 1.33 bits per heavy atom. The Balaban J connectivity index is 2.01. The van der Waals surface area contributed by atoms with Gasteiger partial charge in [0.15, 0.2) is 11.4 Å². The molecular formula is C18H17ClN2O3. The number of hydrogen-bond acceptors (Lipinski definition) is 4. The maximum Gasteiger partial charge on any atom is 0.264 e. The van der Waals surface area contributed by atoms with Crippen molar-refractivity contribution in [1.29, 1.82) is 0 Å². The molecule has 1 aliphatic rings. The third kappa shape index (κ3) is 2.70. The highest BCUT2D eigenvalue weighted by molar-refractivity contribution is 6.31. The molecule has 0 spiro atoms. The highest BCUT2D eigenvalue weighted by Gasteiger charge is 2.50. The summed E-state index contributed by atoms with van der Waals surface area (Å²) in [4.78, 5) is 30.8. The number of aliphatic hydroxyl groups is 1. The topological polar surface area (TPSA) is 70.5 Å². The highest BCUT2D eigenvalue weighted by Crippen LogP contribution is 2.44. The Morgan fingerprint density at radius 3 is 2.79 bits per heavy atom. The van der Waals surface area contributed by atoms with Crippen molar-refractivity contribution in [3.8, 4) is 0 Å². The molecule has 5 nitrogen and oxygen atoms in total. The van der Waals surface area contributed by atoms with Gasteiger partial charge in [-0.3, -0.25) is 14.6 Å². The SMILES string of the molecule is CCCN1C(=O)C(O)(CC(=O)c2ccccn2)c2cc(Cl)ccc21. The molecule has 0 saturated carbocycles. The van der Waals surface area contributed by atoms with Crippen molar-refractivity contribution in [2.24, 2.45) is 0 Å². The van der Waals surface area contributed by atoms with Crippen LogP contribution in [0.3, 0.4) is 0 Å². The minimum Gasteiger partial charge on any atom is -0.375 e. The fraction of sp³-hybridized carbons (Fsp3) is 0.278. The molecule has 0 radical (unpaired) electrons. The van der Waals surface area contributed by atoms with Gasteiger partial charge in [-0.05, 0) is 36.8 Å². The molecule has 1 N–H and O–H groups in total. The van der Waals surface area contributed by atoms with Crippen molar-refractivity contribution in [3.63, 3.8) is 0 Å². The van der Waals surface area contributed by atoms with Crippen LogP contribution in [0.5, 0.6) is 0 Å². The van der Waals surface area contributed by atoms with Gasteiger partial charge in [0.2, 0.25) is 0 Å². The van der Waals surface area contributed by atoms with E-state index in [0.29, 0.717) is 22.8 Å². The maximum atomic E-state index is 12.8. The monoisotopic (exact) mass is 344 g/mol. The molecule has 6 heteroatoms. The third-order valence-corrected chi connectivity index (χ3v) is 4.34. The molecule has 0 saturated heterocycles. The van der Waals surface area contributed by atoms with E-state index in [2.05, 4.69) is 4.98 Å². The molecule has 1 aliphatic heterocycles. The first-order valence-electron chi connectivity index (χ1n) is 7.76. The Kier molecular flexibility index (Phi) is 4.39. The minimum absolute atomic E-state index is 0.219. The van der Waals surface area contributed by atoms with Gasteiger partial charge < -0.3 is 10.0 Å². The van der Waals surface area contributed by atoms with Gasteiger partial charge >= 0.3 is 0 Å². The normalized spacial score (nSPS) is 19.5. The third-order valence-electron chi connectivity index (χ3n) is 4.11. The van der Waals surface area contributed by atoms with Gasteiger partial charge in [0.25, 0.3) is 5.91 Å². The van der Waals surface area contributed by atoms with Crippen LogP contribution in [0.25, 0.3) is 0 Å². The molecule has 24 heavy (non-hydrogen) atoms. The lowest BCUT2D eigenvalue weighted by molar-refractivity contribution is -0.135. The molecule has 0 bridgehead atoms. The number of hydrogen-bond donors (Lipinski definition) is 1. The van der Waals surface area contributed by atoms with Crippen LogP contribution in [0.15, 0.2) is 42.6 Å². The fourth-order valence-electron chi connectivity index (χ4n) is 2.99. The second kappa shape index (κ2) is 6.34. The van der Waals surface area contributed by atoms with Crippen LogP contribution in [-0.4, -0.2) is 28.3 Å². The number of pyridine rings is 1. The first kappa shape index (κ1) is 16.6. The molecular weight excluding hydrogens is 328 g/mol. The summed E-state index contributed by atoms with van der Waals surface area (Å²) < 4.78 is 0. The standard InChI is InChI=1S/C18H17ClN2O3/c1-2-9-21-15-7-6-12(19)10-13(15)18(24,17(21)23)11-16(22)14-5-3-4-8-20-14/h3-8,10,24H,2,9,11H2,1H3. The Morgan fingerprint density at radius 2 is 2.12 bits per heavy atom. The molecule has 2 heterocycles. The van der Waals surface area contributed by atoms with E-state index in [-0.39, 0.29) is 12.1 Å². The number of halogens is 1. The van der Waals surface area contributed by atoms with Crippen molar-refractivity contribution in [1.82, 2.24) is 4.98 Å². The number of carbonyl (C=O) groups is 2. The first-order chi connectivity index (χ1) is 11.5. The number of amides is 1. The Labute approximate surface area is 144 Å². The summed E-state index contributed by atoms with van der Waals surface area (Å²) in [6.45, 7) is 2.41. The van der Waals surface area contributed by atoms with Crippen molar-refractivity contribution >= 4 is 29.0 Å². The molecule has 3 rings (SSSR count). The Bertz CT molecular complexity index is 794. The summed E-state index contributed by atoms with van der Waals surface area (Å²) in [5.41, 5.74) is -0.721. The van der Waals surface area contributed by atoms with Gasteiger partial charge in [-0.1, -0.05) is 24.6 Å². The molecule has 0 aliphatic carbocycles. The number of aromatic nitrogens is 1. The van der Waals surface area contributed by atoms with Crippen LogP contribution in [0.4, 0.5) is 5.69 Å². The van der Waals surface area contributed by atoms with Crippen LogP contribution < -0.4 is 4.90 Å². The van der Waals surface area contributed by atoms with E-state index in [4.69, 9.17) is 11.6 Å². The van der Waals surface area contributed by atoms with Crippen molar-refractivity contribution in [2.45, 2.75) is 25.4 Å². The summed E-state index contributed by atoms with van der Waals surface area (Å²) in [7, 11) is 0. The summed E-state index contributed by atoms with van der Waals surface area (Å²) >= 11 is 6.04. The lowest BCUT2D eigenvalue weighted by Crippen LogP contribution is -2.42. The van der Waals surface area contributed by atoms with Crippen molar-refractivity contribution in [3.05, 3.63) is 58.9 Å². The number of Topliss-reactive ketones (excluding diaryl/α,β-unsaturated/α-hetero) is 1. The number of anilines is 1. The largest absolute Gasteiger partial charge is 0.375 e. The first-order valence-corrected chi connectivity index (χ1v) is 8.13. The quantitative estimate of drug-likeness (QED) is 0.846. The van der Waals surface area contributed by atoms with Crippen LogP contribution in [0.1, 0.15) is 35.8 Å². The minimum atomic E-state index is -1.91. The van der Waals surface area contributed by atoms with Gasteiger partial charge in [-0.2, -0.15) is 0 Å². The molecule has 1 amide bonds. The maximum absolute atomic E-state index is 12.8. The van der Waals surface area contributed by atoms with E-state index in [1.54, 1.807) is 36.4 Å². The van der Waals surface area contributed by atoms with E-state index in [1.807, 2.05) is 6.92 Å². The zero-order valence-electron chi connectivity index (χ0n) is 13.2. The molecule has 1 aromatic heterocycles. The Hall–Kier alpha value is -2.24. The zero-order valence-corrected chi connectivity index (χ0v) is 14.0. The fourth-order valence-corrected chi connectivity index (χ4v) is 3.16. The van der Waals surface area contributed by atoms with E-state index in [9.17, 15) is 14.7 Å². The molecule has 2 aromatic rings. The van der Waals surface area contributed by atoms with E-state index >= 15 is 0 Å². The van der Waals surface area contributed by atoms with Crippen molar-refractivity contribution in [2.75, 3.05) is 11.4 Å². The van der Waals surface area contributed by atoms with Gasteiger partial charge in [0.1, 0.15) is 5.69 Å². The molecule has 1 aromatic carbocycles. The summed E-state index contributed by atoms with van der Waals surface area (Å²) in [5, 5.41) is 11.5. The second-order valence-electron chi connectivity index (χ2n) is 5.79. The summed E-state index contributed by atoms with van der Waals surface area (Å²) in [5.74, 6) is -0.887. The summed E-state index contributed by atoms with van der Waals surface area (Å²) in [6, 6.07) is 9.88. The van der Waals surface area contributed by atoms with Gasteiger partial charge in [0.05, 0.1) is 12.1 Å². The van der Waals surface area contributed by atoms with Crippen LogP contribution >= 0.6 is 11.6 Å². The number of carbonyl (C=O) groups excluding carboxylic acids is 2. The average Bonchev–Trinajstić information content (AvgIpc) is 2.78. The molecule has 1 atom stereocenters. The average molecular weight is 345 g/mol. The van der Waals surface area contributed by atoms with Crippen molar-refractivity contribution < 1.29 is 14.7 Å². The zero-order chi connectivity index (χ0) is 17.3. The smallest absolute Gasteiger partial charge is 0.264 e. The molecule has 0 fully saturated rings.